The van der Waals surface area contributed by atoms with Crippen molar-refractivity contribution in [3.63, 3.8) is 0 Å². The van der Waals surface area contributed by atoms with Gasteiger partial charge in [-0.15, -0.1) is 0 Å². The summed E-state index contributed by atoms with van der Waals surface area (Å²) in [6.45, 7) is 6.56. The second kappa shape index (κ2) is 6.30. The fourth-order valence-corrected chi connectivity index (χ4v) is 3.60. The summed E-state index contributed by atoms with van der Waals surface area (Å²) >= 11 is 6.40. The standard InChI is InChI=1S/C16H25ClN2O/c1-5-13-16(17)14(19(4)18-13)9-12-8-11(10(2)3)6-7-15(12)20/h10-12H,5-9H2,1-4H3. The third-order valence-corrected chi connectivity index (χ3v) is 5.13. The van der Waals surface area contributed by atoms with Crippen LogP contribution in [0, 0.1) is 17.8 Å². The highest BCUT2D eigenvalue weighted by Crippen LogP contribution is 2.34. The zero-order valence-corrected chi connectivity index (χ0v) is 13.7. The van der Waals surface area contributed by atoms with Gasteiger partial charge in [0.15, 0.2) is 0 Å². The van der Waals surface area contributed by atoms with Crippen LogP contribution in [0.1, 0.15) is 51.4 Å². The lowest BCUT2D eigenvalue weighted by atomic mass is 9.74. The number of aryl methyl sites for hydroxylation is 2. The van der Waals surface area contributed by atoms with Crippen molar-refractivity contribution in [1.82, 2.24) is 9.78 Å². The molecule has 4 heteroatoms. The van der Waals surface area contributed by atoms with Gasteiger partial charge in [0.1, 0.15) is 5.78 Å². The van der Waals surface area contributed by atoms with Crippen LogP contribution in [-0.2, 0) is 24.7 Å². The Bertz CT molecular complexity index is 493. The minimum absolute atomic E-state index is 0.119. The summed E-state index contributed by atoms with van der Waals surface area (Å²) in [6.07, 6.45) is 4.35. The molecule has 3 nitrogen and oxygen atoms in total. The Morgan fingerprint density at radius 1 is 1.45 bits per heavy atom. The number of nitrogens with zero attached hydrogens (tertiary/aromatic N) is 2. The number of hydrogen-bond acceptors (Lipinski definition) is 2. The third-order valence-electron chi connectivity index (χ3n) is 4.69. The molecule has 0 amide bonds. The first-order valence-corrected chi connectivity index (χ1v) is 8.04. The first kappa shape index (κ1) is 15.6. The number of hydrogen-bond donors (Lipinski definition) is 0. The molecular formula is C16H25ClN2O. The monoisotopic (exact) mass is 296 g/mol. The molecule has 0 aromatic carbocycles. The summed E-state index contributed by atoms with van der Waals surface area (Å²) in [6, 6.07) is 0. The lowest BCUT2D eigenvalue weighted by Crippen LogP contribution is -2.29. The van der Waals surface area contributed by atoms with Crippen molar-refractivity contribution in [3.05, 3.63) is 16.4 Å². The van der Waals surface area contributed by atoms with Gasteiger partial charge in [0.2, 0.25) is 0 Å². The summed E-state index contributed by atoms with van der Waals surface area (Å²) in [4.78, 5) is 12.2. The van der Waals surface area contributed by atoms with Crippen molar-refractivity contribution < 1.29 is 4.79 Å². The number of halogens is 1. The predicted octanol–water partition coefficient (Wildman–Crippen LogP) is 3.82. The molecule has 1 aromatic rings. The molecule has 20 heavy (non-hydrogen) atoms. The van der Waals surface area contributed by atoms with Gasteiger partial charge >= 0.3 is 0 Å². The average molecular weight is 297 g/mol. The van der Waals surface area contributed by atoms with E-state index in [0.717, 1.165) is 48.5 Å². The minimum atomic E-state index is 0.119. The molecule has 0 bridgehead atoms. The molecule has 1 aliphatic carbocycles. The van der Waals surface area contributed by atoms with Gasteiger partial charge in [0.05, 0.1) is 16.4 Å². The quantitative estimate of drug-likeness (QED) is 0.846. The van der Waals surface area contributed by atoms with Gasteiger partial charge in [-0.1, -0.05) is 32.4 Å². The van der Waals surface area contributed by atoms with E-state index in [9.17, 15) is 4.79 Å². The number of Topliss-reactive ketones (excluding diaryl/α,β-unsaturated/α-hetero) is 1. The number of rotatable bonds is 4. The van der Waals surface area contributed by atoms with Crippen LogP contribution < -0.4 is 0 Å². The summed E-state index contributed by atoms with van der Waals surface area (Å²) in [5, 5.41) is 5.21. The van der Waals surface area contributed by atoms with Crippen molar-refractivity contribution in [1.29, 1.82) is 0 Å². The van der Waals surface area contributed by atoms with E-state index >= 15 is 0 Å². The van der Waals surface area contributed by atoms with Gasteiger partial charge in [0, 0.05) is 25.8 Å². The van der Waals surface area contributed by atoms with Crippen LogP contribution in [0.3, 0.4) is 0 Å². The van der Waals surface area contributed by atoms with Crippen LogP contribution in [0.5, 0.6) is 0 Å². The molecule has 0 N–H and O–H groups in total. The molecular weight excluding hydrogens is 272 g/mol. The number of ketones is 1. The normalized spacial score (nSPS) is 23.6. The van der Waals surface area contributed by atoms with Crippen molar-refractivity contribution in [3.8, 4) is 0 Å². The molecule has 0 radical (unpaired) electrons. The lowest BCUT2D eigenvalue weighted by molar-refractivity contribution is -0.126. The summed E-state index contributed by atoms with van der Waals surface area (Å²) in [5.74, 6) is 1.83. The van der Waals surface area contributed by atoms with E-state index in [1.165, 1.54) is 0 Å². The highest BCUT2D eigenvalue weighted by molar-refractivity contribution is 6.31. The second-order valence-electron chi connectivity index (χ2n) is 6.33. The SMILES string of the molecule is CCc1nn(C)c(CC2CC(C(C)C)CCC2=O)c1Cl. The topological polar surface area (TPSA) is 34.9 Å². The highest BCUT2D eigenvalue weighted by atomic mass is 35.5. The van der Waals surface area contributed by atoms with E-state index in [2.05, 4.69) is 25.9 Å². The zero-order valence-electron chi connectivity index (χ0n) is 12.9. The van der Waals surface area contributed by atoms with Gasteiger partial charge in [-0.05, 0) is 31.1 Å². The molecule has 1 aromatic heterocycles. The molecule has 112 valence electrons. The van der Waals surface area contributed by atoms with Gasteiger partial charge in [-0.2, -0.15) is 5.10 Å². The maximum Gasteiger partial charge on any atom is 0.136 e. The number of carbonyl (C=O) groups excluding carboxylic acids is 1. The second-order valence-corrected chi connectivity index (χ2v) is 6.71. The van der Waals surface area contributed by atoms with Crippen LogP contribution >= 0.6 is 11.6 Å². The Kier molecular flexibility index (Phi) is 4.90. The molecule has 1 saturated carbocycles. The Labute approximate surface area is 126 Å². The van der Waals surface area contributed by atoms with Crippen molar-refractivity contribution in [2.24, 2.45) is 24.8 Å². The Morgan fingerprint density at radius 2 is 2.15 bits per heavy atom. The van der Waals surface area contributed by atoms with E-state index in [4.69, 9.17) is 11.6 Å². The molecule has 2 unspecified atom stereocenters. The maximum atomic E-state index is 12.2. The van der Waals surface area contributed by atoms with Crippen molar-refractivity contribution in [2.75, 3.05) is 0 Å². The predicted molar refractivity (Wildman–Crippen MR) is 82.0 cm³/mol. The van der Waals surface area contributed by atoms with Crippen LogP contribution in [0.4, 0.5) is 0 Å². The molecule has 0 spiro atoms. The van der Waals surface area contributed by atoms with Gasteiger partial charge in [-0.3, -0.25) is 9.48 Å². The molecule has 2 atom stereocenters. The zero-order chi connectivity index (χ0) is 14.9. The molecule has 0 aliphatic heterocycles. The summed E-state index contributed by atoms with van der Waals surface area (Å²) in [5.41, 5.74) is 1.96. The Hall–Kier alpha value is -0.830. The fourth-order valence-electron chi connectivity index (χ4n) is 3.22. The van der Waals surface area contributed by atoms with Crippen molar-refractivity contribution >= 4 is 17.4 Å². The molecule has 1 fully saturated rings. The third kappa shape index (κ3) is 3.08. The molecule has 1 aliphatic rings. The molecule has 2 rings (SSSR count). The smallest absolute Gasteiger partial charge is 0.136 e. The van der Waals surface area contributed by atoms with Crippen LogP contribution in [0.2, 0.25) is 5.02 Å². The van der Waals surface area contributed by atoms with E-state index < -0.39 is 0 Å². The van der Waals surface area contributed by atoms with Crippen LogP contribution in [0.25, 0.3) is 0 Å². The van der Waals surface area contributed by atoms with Gasteiger partial charge < -0.3 is 0 Å². The maximum absolute atomic E-state index is 12.2. The minimum Gasteiger partial charge on any atom is -0.299 e. The first-order valence-electron chi connectivity index (χ1n) is 7.67. The first-order chi connectivity index (χ1) is 9.43. The van der Waals surface area contributed by atoms with Crippen molar-refractivity contribution in [2.45, 2.75) is 52.9 Å². The van der Waals surface area contributed by atoms with Gasteiger partial charge in [-0.25, -0.2) is 0 Å². The summed E-state index contributed by atoms with van der Waals surface area (Å²) in [7, 11) is 1.92. The van der Waals surface area contributed by atoms with Crippen LogP contribution in [-0.4, -0.2) is 15.6 Å². The Balaban J connectivity index is 2.16. The van der Waals surface area contributed by atoms with Gasteiger partial charge in [0.25, 0.3) is 0 Å². The lowest BCUT2D eigenvalue weighted by Gasteiger charge is -2.30. The number of aromatic nitrogens is 2. The van der Waals surface area contributed by atoms with E-state index in [0.29, 0.717) is 17.6 Å². The van der Waals surface area contributed by atoms with E-state index in [1.54, 1.807) is 0 Å². The van der Waals surface area contributed by atoms with E-state index in [-0.39, 0.29) is 5.92 Å². The molecule has 0 saturated heterocycles. The highest BCUT2D eigenvalue weighted by Gasteiger charge is 2.31. The van der Waals surface area contributed by atoms with Crippen LogP contribution in [0.15, 0.2) is 0 Å². The van der Waals surface area contributed by atoms with E-state index in [1.807, 2.05) is 11.7 Å². The Morgan fingerprint density at radius 3 is 2.70 bits per heavy atom. The average Bonchev–Trinajstić information content (AvgIpc) is 2.68. The fraction of sp³-hybridized carbons (Fsp3) is 0.750. The molecule has 1 heterocycles. The summed E-state index contributed by atoms with van der Waals surface area (Å²) < 4.78 is 1.85. The largest absolute Gasteiger partial charge is 0.299 e. The number of carbonyl (C=O) groups is 1.